The predicted molar refractivity (Wildman–Crippen MR) is 110 cm³/mol. The monoisotopic (exact) mass is 486 g/mol. The van der Waals surface area contributed by atoms with Crippen LogP contribution in [0.15, 0.2) is 53.4 Å². The average Bonchev–Trinajstić information content (AvgIpc) is 2.78. The van der Waals surface area contributed by atoms with Crippen molar-refractivity contribution in [1.29, 1.82) is 0 Å². The quantitative estimate of drug-likeness (QED) is 0.672. The van der Waals surface area contributed by atoms with Crippen molar-refractivity contribution in [3.05, 3.63) is 59.7 Å². The van der Waals surface area contributed by atoms with Gasteiger partial charge < -0.3 is 14.7 Å². The number of piperazine rings is 1. The zero-order chi connectivity index (χ0) is 24.4. The number of halogens is 3. The number of benzene rings is 2. The number of alkyl halides is 3. The van der Waals surface area contributed by atoms with E-state index in [1.807, 2.05) is 0 Å². The molecule has 1 amide bonds. The van der Waals surface area contributed by atoms with Crippen LogP contribution in [0.4, 0.5) is 13.2 Å². The summed E-state index contributed by atoms with van der Waals surface area (Å²) in [4.78, 5) is 25.3. The van der Waals surface area contributed by atoms with E-state index in [2.05, 4.69) is 0 Å². The van der Waals surface area contributed by atoms with Gasteiger partial charge in [-0.15, -0.1) is 0 Å². The molecule has 1 atom stereocenters. The number of hydrogen-bond acceptors (Lipinski definition) is 5. The van der Waals surface area contributed by atoms with Crippen LogP contribution < -0.4 is 4.74 Å². The van der Waals surface area contributed by atoms with Crippen LogP contribution in [-0.4, -0.2) is 67.4 Å². The smallest absolute Gasteiger partial charge is 0.416 e. The van der Waals surface area contributed by atoms with E-state index in [1.54, 1.807) is 24.3 Å². The molecule has 0 aromatic heterocycles. The fourth-order valence-electron chi connectivity index (χ4n) is 3.46. The third-order valence-electron chi connectivity index (χ3n) is 5.27. The highest BCUT2D eigenvalue weighted by atomic mass is 32.2. The van der Waals surface area contributed by atoms with Crippen LogP contribution in [0.25, 0.3) is 0 Å². The summed E-state index contributed by atoms with van der Waals surface area (Å²) in [5, 5.41) is 9.61. The van der Waals surface area contributed by atoms with Gasteiger partial charge in [0, 0.05) is 19.6 Å². The molecule has 1 heterocycles. The van der Waals surface area contributed by atoms with Crippen LogP contribution in [0.1, 0.15) is 11.1 Å². The topological polar surface area (TPSA) is 104 Å². The van der Waals surface area contributed by atoms with Crippen molar-refractivity contribution in [3.63, 3.8) is 0 Å². The SMILES string of the molecule is COc1ccc(CC(=O)N2CCN(S(=O)(=O)c3ccc(C(F)(F)F)cc3)[C@@H](C(=O)O)C2)cc1. The lowest BCUT2D eigenvalue weighted by molar-refractivity contribution is -0.145. The number of carbonyl (C=O) groups is 2. The van der Waals surface area contributed by atoms with Gasteiger partial charge in [-0.25, -0.2) is 8.42 Å². The highest BCUT2D eigenvalue weighted by Crippen LogP contribution is 2.31. The van der Waals surface area contributed by atoms with Crippen molar-refractivity contribution in [3.8, 4) is 5.75 Å². The highest BCUT2D eigenvalue weighted by molar-refractivity contribution is 7.89. The predicted octanol–water partition coefficient (Wildman–Crippen LogP) is 2.24. The Morgan fingerprint density at radius 1 is 1.06 bits per heavy atom. The number of ether oxygens (including phenoxy) is 1. The van der Waals surface area contributed by atoms with E-state index in [-0.39, 0.29) is 32.0 Å². The van der Waals surface area contributed by atoms with Crippen LogP contribution >= 0.6 is 0 Å². The van der Waals surface area contributed by atoms with Crippen LogP contribution in [0, 0.1) is 0 Å². The molecule has 0 bridgehead atoms. The number of rotatable bonds is 6. The fourth-order valence-corrected chi connectivity index (χ4v) is 5.03. The zero-order valence-corrected chi connectivity index (χ0v) is 18.3. The molecule has 8 nitrogen and oxygen atoms in total. The van der Waals surface area contributed by atoms with Crippen molar-refractivity contribution in [2.45, 2.75) is 23.5 Å². The Bertz CT molecular complexity index is 1120. The van der Waals surface area contributed by atoms with E-state index in [4.69, 9.17) is 4.74 Å². The minimum atomic E-state index is -4.64. The van der Waals surface area contributed by atoms with Gasteiger partial charge in [0.1, 0.15) is 11.8 Å². The number of hydrogen-bond donors (Lipinski definition) is 1. The summed E-state index contributed by atoms with van der Waals surface area (Å²) in [7, 11) is -2.90. The molecule has 1 N–H and O–H groups in total. The minimum absolute atomic E-state index is 0.0119. The summed E-state index contributed by atoms with van der Waals surface area (Å²) in [5.74, 6) is -1.23. The van der Waals surface area contributed by atoms with E-state index < -0.39 is 38.7 Å². The van der Waals surface area contributed by atoms with Crippen molar-refractivity contribution < 1.29 is 41.0 Å². The van der Waals surface area contributed by atoms with E-state index >= 15 is 0 Å². The lowest BCUT2D eigenvalue weighted by Gasteiger charge is -2.38. The lowest BCUT2D eigenvalue weighted by Crippen LogP contribution is -2.59. The molecular weight excluding hydrogens is 465 g/mol. The van der Waals surface area contributed by atoms with Gasteiger partial charge in [-0.3, -0.25) is 9.59 Å². The molecule has 178 valence electrons. The maximum absolute atomic E-state index is 13.0. The van der Waals surface area contributed by atoms with Crippen LogP contribution in [0.3, 0.4) is 0 Å². The van der Waals surface area contributed by atoms with E-state index in [0.29, 0.717) is 27.8 Å². The number of methoxy groups -OCH3 is 1. The van der Waals surface area contributed by atoms with Gasteiger partial charge in [0.05, 0.1) is 24.0 Å². The highest BCUT2D eigenvalue weighted by Gasteiger charge is 2.41. The standard InChI is InChI=1S/C21H21F3N2O6S/c1-32-16-6-2-14(3-7-16)12-19(27)25-10-11-26(18(13-25)20(28)29)33(30,31)17-8-4-15(5-9-17)21(22,23)24/h2-9,18H,10-13H2,1H3,(H,28,29)/t18-/m1/s1. The number of carboxylic acid groups (broad SMARTS) is 1. The van der Waals surface area contributed by atoms with Gasteiger partial charge in [0.25, 0.3) is 0 Å². The summed E-state index contributed by atoms with van der Waals surface area (Å²) in [6.45, 7) is -0.752. The maximum atomic E-state index is 13.0. The van der Waals surface area contributed by atoms with Crippen molar-refractivity contribution in [2.24, 2.45) is 0 Å². The average molecular weight is 486 g/mol. The van der Waals surface area contributed by atoms with E-state index in [9.17, 15) is 36.3 Å². The van der Waals surface area contributed by atoms with Gasteiger partial charge in [0.2, 0.25) is 15.9 Å². The van der Waals surface area contributed by atoms with Crippen LogP contribution in [0.5, 0.6) is 5.75 Å². The number of carbonyl (C=O) groups excluding carboxylic acids is 1. The molecule has 33 heavy (non-hydrogen) atoms. The van der Waals surface area contributed by atoms with Gasteiger partial charge in [-0.05, 0) is 42.0 Å². The van der Waals surface area contributed by atoms with Crippen molar-refractivity contribution in [2.75, 3.05) is 26.7 Å². The summed E-state index contributed by atoms with van der Waals surface area (Å²) in [6.07, 6.45) is -4.65. The first kappa shape index (κ1) is 24.5. The first-order valence-electron chi connectivity index (χ1n) is 9.76. The van der Waals surface area contributed by atoms with Crippen molar-refractivity contribution in [1.82, 2.24) is 9.21 Å². The van der Waals surface area contributed by atoms with Gasteiger partial charge >= 0.3 is 12.1 Å². The summed E-state index contributed by atoms with van der Waals surface area (Å²) < 4.78 is 70.0. The Kier molecular flexibility index (Phi) is 6.98. The van der Waals surface area contributed by atoms with Crippen LogP contribution in [0.2, 0.25) is 0 Å². The molecule has 12 heteroatoms. The third kappa shape index (κ3) is 5.45. The van der Waals surface area contributed by atoms with Crippen molar-refractivity contribution >= 4 is 21.9 Å². The number of nitrogens with zero attached hydrogens (tertiary/aromatic N) is 2. The molecule has 3 rings (SSSR count). The van der Waals surface area contributed by atoms with Gasteiger partial charge in [-0.1, -0.05) is 12.1 Å². The lowest BCUT2D eigenvalue weighted by atomic mass is 10.1. The Balaban J connectivity index is 1.76. The molecule has 0 unspecified atom stereocenters. The van der Waals surface area contributed by atoms with E-state index in [0.717, 1.165) is 12.1 Å². The largest absolute Gasteiger partial charge is 0.497 e. The number of aliphatic carboxylic acids is 1. The Morgan fingerprint density at radius 3 is 2.18 bits per heavy atom. The summed E-state index contributed by atoms with van der Waals surface area (Å²) in [5.41, 5.74) is -0.349. The van der Waals surface area contributed by atoms with Crippen LogP contribution in [-0.2, 0) is 32.2 Å². The molecule has 1 aliphatic rings. The zero-order valence-electron chi connectivity index (χ0n) is 17.4. The molecule has 1 aliphatic heterocycles. The summed E-state index contributed by atoms with van der Waals surface area (Å²) >= 11 is 0. The molecular formula is C21H21F3N2O6S. The third-order valence-corrected chi connectivity index (χ3v) is 7.19. The summed E-state index contributed by atoms with van der Waals surface area (Å²) in [6, 6.07) is 7.98. The first-order chi connectivity index (χ1) is 15.4. The Hall–Kier alpha value is -3.12. The maximum Gasteiger partial charge on any atom is 0.416 e. The molecule has 2 aromatic carbocycles. The van der Waals surface area contributed by atoms with Gasteiger partial charge in [0.15, 0.2) is 0 Å². The molecule has 1 fully saturated rings. The first-order valence-corrected chi connectivity index (χ1v) is 11.2. The second-order valence-electron chi connectivity index (χ2n) is 7.36. The molecule has 0 saturated carbocycles. The second kappa shape index (κ2) is 9.40. The Morgan fingerprint density at radius 2 is 1.67 bits per heavy atom. The Labute approximate surface area is 188 Å². The molecule has 2 aromatic rings. The minimum Gasteiger partial charge on any atom is -0.497 e. The molecule has 0 radical (unpaired) electrons. The van der Waals surface area contributed by atoms with Gasteiger partial charge in [-0.2, -0.15) is 17.5 Å². The number of amides is 1. The normalized spacial score (nSPS) is 17.6. The molecule has 0 aliphatic carbocycles. The fraction of sp³-hybridized carbons (Fsp3) is 0.333. The van der Waals surface area contributed by atoms with E-state index in [1.165, 1.54) is 12.0 Å². The number of carboxylic acids is 1. The molecule has 0 spiro atoms. The number of sulfonamides is 1. The second-order valence-corrected chi connectivity index (χ2v) is 9.25. The molecule has 1 saturated heterocycles.